The number of carbonyl (C=O) groups is 1. The van der Waals surface area contributed by atoms with Crippen molar-refractivity contribution < 1.29 is 4.79 Å². The van der Waals surface area contributed by atoms with Gasteiger partial charge < -0.3 is 10.6 Å². The first-order valence-electron chi connectivity index (χ1n) is 7.39. The Bertz CT molecular complexity index is 268. The van der Waals surface area contributed by atoms with Crippen molar-refractivity contribution in [3.05, 3.63) is 0 Å². The lowest BCUT2D eigenvalue weighted by Gasteiger charge is -2.37. The zero-order valence-corrected chi connectivity index (χ0v) is 12.6. The molecule has 1 aliphatic rings. The van der Waals surface area contributed by atoms with Crippen LogP contribution in [0.2, 0.25) is 0 Å². The summed E-state index contributed by atoms with van der Waals surface area (Å²) in [5, 5.41) is 6.50. The van der Waals surface area contributed by atoms with Gasteiger partial charge in [0.1, 0.15) is 0 Å². The Morgan fingerprint density at radius 1 is 1.22 bits per heavy atom. The molecule has 1 saturated carbocycles. The second-order valence-electron chi connectivity index (χ2n) is 6.56. The monoisotopic (exact) mass is 254 g/mol. The van der Waals surface area contributed by atoms with E-state index in [2.05, 4.69) is 31.4 Å². The first-order chi connectivity index (χ1) is 8.43. The molecule has 3 nitrogen and oxygen atoms in total. The third kappa shape index (κ3) is 4.60. The van der Waals surface area contributed by atoms with Crippen LogP contribution in [-0.4, -0.2) is 25.0 Å². The highest BCUT2D eigenvalue weighted by Crippen LogP contribution is 2.30. The molecule has 0 aliphatic heterocycles. The molecule has 0 aromatic rings. The van der Waals surface area contributed by atoms with Crippen molar-refractivity contribution in [2.24, 2.45) is 5.41 Å². The summed E-state index contributed by atoms with van der Waals surface area (Å²) >= 11 is 0. The van der Waals surface area contributed by atoms with Crippen molar-refractivity contribution in [2.75, 3.05) is 13.6 Å². The van der Waals surface area contributed by atoms with Gasteiger partial charge in [0.25, 0.3) is 0 Å². The zero-order valence-electron chi connectivity index (χ0n) is 12.6. The Hall–Kier alpha value is -0.570. The van der Waals surface area contributed by atoms with Gasteiger partial charge in [0.15, 0.2) is 0 Å². The van der Waals surface area contributed by atoms with E-state index in [1.54, 1.807) is 0 Å². The third-order valence-corrected chi connectivity index (χ3v) is 4.56. The van der Waals surface area contributed by atoms with E-state index < -0.39 is 0 Å². The molecule has 1 fully saturated rings. The summed E-state index contributed by atoms with van der Waals surface area (Å²) in [6, 6.07) is 0. The maximum absolute atomic E-state index is 12.1. The van der Waals surface area contributed by atoms with Crippen molar-refractivity contribution >= 4 is 5.91 Å². The Balaban J connectivity index is 2.42. The molecule has 0 saturated heterocycles. The molecule has 0 spiro atoms. The van der Waals surface area contributed by atoms with Gasteiger partial charge in [0.2, 0.25) is 5.91 Å². The van der Waals surface area contributed by atoms with Gasteiger partial charge >= 0.3 is 0 Å². The molecular weight excluding hydrogens is 224 g/mol. The van der Waals surface area contributed by atoms with Gasteiger partial charge in [0.05, 0.1) is 0 Å². The minimum atomic E-state index is 0.0543. The molecule has 0 bridgehead atoms. The number of nitrogens with one attached hydrogen (secondary N) is 2. The van der Waals surface area contributed by atoms with Gasteiger partial charge in [0, 0.05) is 18.5 Å². The van der Waals surface area contributed by atoms with Crippen LogP contribution in [0.15, 0.2) is 0 Å². The molecule has 18 heavy (non-hydrogen) atoms. The predicted molar refractivity (Wildman–Crippen MR) is 76.6 cm³/mol. The largest absolute Gasteiger partial charge is 0.356 e. The van der Waals surface area contributed by atoms with E-state index in [4.69, 9.17) is 0 Å². The molecule has 0 atom stereocenters. The molecule has 1 rings (SSSR count). The number of rotatable bonds is 6. The second-order valence-corrected chi connectivity index (χ2v) is 6.56. The van der Waals surface area contributed by atoms with Gasteiger partial charge in [-0.3, -0.25) is 4.79 Å². The maximum atomic E-state index is 12.1. The van der Waals surface area contributed by atoms with Crippen LogP contribution >= 0.6 is 0 Å². The second kappa shape index (κ2) is 6.55. The lowest BCUT2D eigenvalue weighted by Crippen LogP contribution is -2.49. The summed E-state index contributed by atoms with van der Waals surface area (Å²) in [4.78, 5) is 12.1. The Kier molecular flexibility index (Phi) is 5.64. The smallest absolute Gasteiger partial charge is 0.221 e. The van der Waals surface area contributed by atoms with Crippen molar-refractivity contribution in [3.8, 4) is 0 Å². The van der Waals surface area contributed by atoms with Crippen LogP contribution in [-0.2, 0) is 4.79 Å². The maximum Gasteiger partial charge on any atom is 0.221 e. The Labute approximate surface area is 112 Å². The van der Waals surface area contributed by atoms with Crippen molar-refractivity contribution in [1.82, 2.24) is 10.6 Å². The molecule has 0 aromatic heterocycles. The minimum Gasteiger partial charge on any atom is -0.356 e. The molecule has 3 heteroatoms. The lowest BCUT2D eigenvalue weighted by molar-refractivity contribution is -0.123. The van der Waals surface area contributed by atoms with Gasteiger partial charge in [-0.25, -0.2) is 0 Å². The Morgan fingerprint density at radius 2 is 1.83 bits per heavy atom. The highest BCUT2D eigenvalue weighted by Gasteiger charge is 2.32. The molecule has 1 aliphatic carbocycles. The highest BCUT2D eigenvalue weighted by atomic mass is 16.1. The number of carbonyl (C=O) groups excluding carboxylic acids is 1. The number of amides is 1. The van der Waals surface area contributed by atoms with E-state index in [0.29, 0.717) is 6.42 Å². The average Bonchev–Trinajstić information content (AvgIpc) is 2.38. The fraction of sp³-hybridized carbons (Fsp3) is 0.933. The SMILES string of the molecule is CCC(C)(C)CNC(=O)CC1(NC)CCCCC1. The third-order valence-electron chi connectivity index (χ3n) is 4.56. The van der Waals surface area contributed by atoms with Crippen LogP contribution in [0.5, 0.6) is 0 Å². The quantitative estimate of drug-likeness (QED) is 0.765. The van der Waals surface area contributed by atoms with Gasteiger partial charge in [-0.2, -0.15) is 0 Å². The molecule has 0 radical (unpaired) electrons. The van der Waals surface area contributed by atoms with Crippen LogP contribution < -0.4 is 10.6 Å². The van der Waals surface area contributed by atoms with E-state index in [1.165, 1.54) is 19.3 Å². The molecular formula is C15H30N2O. The van der Waals surface area contributed by atoms with Crippen LogP contribution in [0.1, 0.15) is 65.7 Å². The van der Waals surface area contributed by atoms with E-state index in [9.17, 15) is 4.79 Å². The van der Waals surface area contributed by atoms with E-state index in [1.807, 2.05) is 7.05 Å². The van der Waals surface area contributed by atoms with Gasteiger partial charge in [-0.15, -0.1) is 0 Å². The van der Waals surface area contributed by atoms with E-state index >= 15 is 0 Å². The Morgan fingerprint density at radius 3 is 2.33 bits per heavy atom. The van der Waals surface area contributed by atoms with E-state index in [0.717, 1.165) is 25.8 Å². The summed E-state index contributed by atoms with van der Waals surface area (Å²) in [6.07, 6.45) is 7.78. The molecule has 0 aromatic carbocycles. The fourth-order valence-electron chi connectivity index (χ4n) is 2.58. The predicted octanol–water partition coefficient (Wildman–Crippen LogP) is 2.85. The summed E-state index contributed by atoms with van der Waals surface area (Å²) in [7, 11) is 1.99. The van der Waals surface area contributed by atoms with E-state index in [-0.39, 0.29) is 16.9 Å². The normalized spacial score (nSPS) is 19.6. The fourth-order valence-corrected chi connectivity index (χ4v) is 2.58. The number of hydrogen-bond acceptors (Lipinski definition) is 2. The lowest BCUT2D eigenvalue weighted by atomic mass is 9.79. The van der Waals surface area contributed by atoms with Crippen LogP contribution in [0.4, 0.5) is 0 Å². The molecule has 0 heterocycles. The zero-order chi connectivity index (χ0) is 13.6. The van der Waals surface area contributed by atoms with Crippen molar-refractivity contribution in [2.45, 2.75) is 71.3 Å². The standard InChI is InChI=1S/C15H30N2O/c1-5-14(2,3)12-17-13(18)11-15(16-4)9-7-6-8-10-15/h16H,5-12H2,1-4H3,(H,17,18). The van der Waals surface area contributed by atoms with Crippen molar-refractivity contribution in [1.29, 1.82) is 0 Å². The topological polar surface area (TPSA) is 41.1 Å². The molecule has 1 amide bonds. The summed E-state index contributed by atoms with van der Waals surface area (Å²) in [6.45, 7) is 7.34. The van der Waals surface area contributed by atoms with Gasteiger partial charge in [-0.05, 0) is 31.7 Å². The van der Waals surface area contributed by atoms with Crippen molar-refractivity contribution in [3.63, 3.8) is 0 Å². The highest BCUT2D eigenvalue weighted by molar-refractivity contribution is 5.77. The minimum absolute atomic E-state index is 0.0543. The first kappa shape index (κ1) is 15.5. The van der Waals surface area contributed by atoms with Crippen LogP contribution in [0.25, 0.3) is 0 Å². The summed E-state index contributed by atoms with van der Waals surface area (Å²) in [5.41, 5.74) is 0.258. The first-order valence-corrected chi connectivity index (χ1v) is 7.39. The molecule has 2 N–H and O–H groups in total. The van der Waals surface area contributed by atoms with Crippen LogP contribution in [0, 0.1) is 5.41 Å². The number of hydrogen-bond donors (Lipinski definition) is 2. The summed E-state index contributed by atoms with van der Waals surface area (Å²) < 4.78 is 0. The molecule has 106 valence electrons. The molecule has 0 unspecified atom stereocenters. The average molecular weight is 254 g/mol. The van der Waals surface area contributed by atoms with Crippen LogP contribution in [0.3, 0.4) is 0 Å². The summed E-state index contributed by atoms with van der Waals surface area (Å²) in [5.74, 6) is 0.202. The van der Waals surface area contributed by atoms with Gasteiger partial charge in [-0.1, -0.05) is 40.0 Å².